The van der Waals surface area contributed by atoms with Gasteiger partial charge in [-0.1, -0.05) is 37.3 Å². The molecule has 5 nitrogen and oxygen atoms in total. The van der Waals surface area contributed by atoms with E-state index >= 15 is 0 Å². The van der Waals surface area contributed by atoms with E-state index in [9.17, 15) is 4.79 Å². The lowest BCUT2D eigenvalue weighted by Crippen LogP contribution is -2.47. The molecule has 0 unspecified atom stereocenters. The molecule has 0 radical (unpaired) electrons. The van der Waals surface area contributed by atoms with E-state index < -0.39 is 0 Å². The van der Waals surface area contributed by atoms with Gasteiger partial charge >= 0.3 is 6.03 Å². The van der Waals surface area contributed by atoms with Gasteiger partial charge in [0.1, 0.15) is 6.10 Å². The fourth-order valence-electron chi connectivity index (χ4n) is 2.97. The van der Waals surface area contributed by atoms with Gasteiger partial charge in [0.2, 0.25) is 0 Å². The summed E-state index contributed by atoms with van der Waals surface area (Å²) in [5.74, 6) is 0. The van der Waals surface area contributed by atoms with Crippen LogP contribution in [0, 0.1) is 0 Å². The number of carbonyl (C=O) groups is 1. The smallest absolute Gasteiger partial charge is 0.317 e. The van der Waals surface area contributed by atoms with Crippen LogP contribution in [0.1, 0.15) is 29.7 Å². The molecule has 2 heterocycles. The second-order valence-corrected chi connectivity index (χ2v) is 6.24. The summed E-state index contributed by atoms with van der Waals surface area (Å²) in [4.78, 5) is 18.3. The number of urea groups is 1. The minimum absolute atomic E-state index is 0.0256. The first-order valence-electron chi connectivity index (χ1n) is 8.88. The number of aromatic nitrogens is 1. The zero-order chi connectivity index (χ0) is 17.5. The van der Waals surface area contributed by atoms with Crippen LogP contribution >= 0.6 is 0 Å². The van der Waals surface area contributed by atoms with Gasteiger partial charge in [0, 0.05) is 25.5 Å². The third-order valence-corrected chi connectivity index (χ3v) is 4.53. The first-order valence-corrected chi connectivity index (χ1v) is 8.88. The highest BCUT2D eigenvalue weighted by Gasteiger charge is 2.25. The first-order chi connectivity index (χ1) is 12.3. The third kappa shape index (κ3) is 4.79. The standard InChI is InChI=1S/C20H25N3O2/c1-2-16-5-7-18(8-6-16)19-15-23(12-13-25-19)20(24)22-11-9-17-4-3-10-21-14-17/h3-8,10,14,19H,2,9,11-13,15H2,1H3,(H,22,24)/t19-/m1/s1. The summed E-state index contributed by atoms with van der Waals surface area (Å²) in [6, 6.07) is 12.4. The Kier molecular flexibility index (Phi) is 6.01. The van der Waals surface area contributed by atoms with Crippen molar-refractivity contribution in [1.29, 1.82) is 0 Å². The van der Waals surface area contributed by atoms with E-state index in [-0.39, 0.29) is 12.1 Å². The van der Waals surface area contributed by atoms with E-state index in [1.54, 1.807) is 6.20 Å². The summed E-state index contributed by atoms with van der Waals surface area (Å²) in [6.45, 7) is 4.53. The Balaban J connectivity index is 1.50. The molecule has 2 aromatic rings. The molecular formula is C20H25N3O2. The monoisotopic (exact) mass is 339 g/mol. The highest BCUT2D eigenvalue weighted by molar-refractivity contribution is 5.74. The molecule has 0 aliphatic carbocycles. The van der Waals surface area contributed by atoms with Gasteiger partial charge in [-0.05, 0) is 35.6 Å². The average Bonchev–Trinajstić information content (AvgIpc) is 2.69. The van der Waals surface area contributed by atoms with E-state index in [2.05, 4.69) is 41.5 Å². The van der Waals surface area contributed by atoms with Crippen molar-refractivity contribution in [2.75, 3.05) is 26.2 Å². The molecule has 1 N–H and O–H groups in total. The van der Waals surface area contributed by atoms with Crippen molar-refractivity contribution < 1.29 is 9.53 Å². The van der Waals surface area contributed by atoms with Crippen LogP contribution in [0.3, 0.4) is 0 Å². The van der Waals surface area contributed by atoms with Crippen LogP contribution < -0.4 is 5.32 Å². The molecule has 0 bridgehead atoms. The van der Waals surface area contributed by atoms with Crippen molar-refractivity contribution in [2.45, 2.75) is 25.9 Å². The van der Waals surface area contributed by atoms with Crippen LogP contribution in [0.25, 0.3) is 0 Å². The number of morpholine rings is 1. The average molecular weight is 339 g/mol. The number of pyridine rings is 1. The maximum atomic E-state index is 12.4. The minimum atomic E-state index is -0.0521. The number of nitrogens with zero attached hydrogens (tertiary/aromatic N) is 2. The molecule has 1 aliphatic heterocycles. The molecule has 1 aromatic heterocycles. The largest absolute Gasteiger partial charge is 0.370 e. The molecule has 1 aliphatic rings. The number of hydrogen-bond donors (Lipinski definition) is 1. The zero-order valence-electron chi connectivity index (χ0n) is 14.6. The normalized spacial score (nSPS) is 17.3. The maximum Gasteiger partial charge on any atom is 0.317 e. The second-order valence-electron chi connectivity index (χ2n) is 6.24. The maximum absolute atomic E-state index is 12.4. The van der Waals surface area contributed by atoms with Crippen molar-refractivity contribution in [1.82, 2.24) is 15.2 Å². The predicted molar refractivity (Wildman–Crippen MR) is 97.4 cm³/mol. The molecule has 132 valence electrons. The molecule has 1 aromatic carbocycles. The molecule has 2 amide bonds. The Hall–Kier alpha value is -2.40. The lowest BCUT2D eigenvalue weighted by molar-refractivity contribution is -0.0154. The van der Waals surface area contributed by atoms with E-state index in [1.165, 1.54) is 5.56 Å². The van der Waals surface area contributed by atoms with Gasteiger partial charge in [0.05, 0.1) is 13.2 Å². The lowest BCUT2D eigenvalue weighted by atomic mass is 10.0. The molecule has 3 rings (SSSR count). The van der Waals surface area contributed by atoms with Crippen LogP contribution in [-0.2, 0) is 17.6 Å². The van der Waals surface area contributed by atoms with Crippen LogP contribution in [0.15, 0.2) is 48.8 Å². The van der Waals surface area contributed by atoms with E-state index in [4.69, 9.17) is 4.74 Å². The van der Waals surface area contributed by atoms with Crippen molar-refractivity contribution in [3.05, 3.63) is 65.5 Å². The number of nitrogens with one attached hydrogen (secondary N) is 1. The fourth-order valence-corrected chi connectivity index (χ4v) is 2.97. The number of ether oxygens (including phenoxy) is 1. The molecule has 5 heteroatoms. The van der Waals surface area contributed by atoms with Crippen molar-refractivity contribution in [3.63, 3.8) is 0 Å². The summed E-state index contributed by atoms with van der Waals surface area (Å²) in [5, 5.41) is 2.99. The van der Waals surface area contributed by atoms with Crippen LogP contribution in [0.5, 0.6) is 0 Å². The van der Waals surface area contributed by atoms with Gasteiger partial charge in [0.15, 0.2) is 0 Å². The van der Waals surface area contributed by atoms with Gasteiger partial charge < -0.3 is 15.0 Å². The molecule has 0 spiro atoms. The SMILES string of the molecule is CCc1ccc([C@H]2CN(C(=O)NCCc3cccnc3)CCO2)cc1. The van der Waals surface area contributed by atoms with Crippen LogP contribution in [0.4, 0.5) is 4.79 Å². The number of benzene rings is 1. The lowest BCUT2D eigenvalue weighted by Gasteiger charge is -2.33. The number of aryl methyl sites for hydroxylation is 1. The third-order valence-electron chi connectivity index (χ3n) is 4.53. The minimum Gasteiger partial charge on any atom is -0.370 e. The molecule has 0 saturated carbocycles. The summed E-state index contributed by atoms with van der Waals surface area (Å²) >= 11 is 0. The number of rotatable bonds is 5. The van der Waals surface area contributed by atoms with Crippen LogP contribution in [-0.4, -0.2) is 42.2 Å². The first kappa shape index (κ1) is 17.4. The van der Waals surface area contributed by atoms with Crippen molar-refractivity contribution >= 4 is 6.03 Å². The quantitative estimate of drug-likeness (QED) is 0.911. The van der Waals surface area contributed by atoms with Crippen LogP contribution in [0.2, 0.25) is 0 Å². The van der Waals surface area contributed by atoms with Crippen molar-refractivity contribution in [2.24, 2.45) is 0 Å². The van der Waals surface area contributed by atoms with E-state index in [0.29, 0.717) is 26.2 Å². The summed E-state index contributed by atoms with van der Waals surface area (Å²) in [5.41, 5.74) is 3.56. The second kappa shape index (κ2) is 8.62. The molecule has 1 saturated heterocycles. The Labute approximate surface area is 149 Å². The Morgan fingerprint density at radius 1 is 1.28 bits per heavy atom. The van der Waals surface area contributed by atoms with Crippen molar-refractivity contribution in [3.8, 4) is 0 Å². The summed E-state index contributed by atoms with van der Waals surface area (Å²) in [7, 11) is 0. The van der Waals surface area contributed by atoms with Gasteiger partial charge in [-0.25, -0.2) is 4.79 Å². The highest BCUT2D eigenvalue weighted by atomic mass is 16.5. The Bertz CT molecular complexity index is 673. The molecular weight excluding hydrogens is 314 g/mol. The molecule has 1 fully saturated rings. The Morgan fingerprint density at radius 2 is 2.12 bits per heavy atom. The summed E-state index contributed by atoms with van der Waals surface area (Å²) < 4.78 is 5.86. The van der Waals surface area contributed by atoms with Gasteiger partial charge in [0.25, 0.3) is 0 Å². The van der Waals surface area contributed by atoms with Gasteiger partial charge in [-0.2, -0.15) is 0 Å². The highest BCUT2D eigenvalue weighted by Crippen LogP contribution is 2.22. The Morgan fingerprint density at radius 3 is 2.84 bits per heavy atom. The number of hydrogen-bond acceptors (Lipinski definition) is 3. The van der Waals surface area contributed by atoms with E-state index in [0.717, 1.165) is 24.0 Å². The van der Waals surface area contributed by atoms with E-state index in [1.807, 2.05) is 23.2 Å². The predicted octanol–water partition coefficient (Wildman–Crippen LogP) is 2.97. The molecule has 25 heavy (non-hydrogen) atoms. The van der Waals surface area contributed by atoms with Gasteiger partial charge in [-0.3, -0.25) is 4.98 Å². The van der Waals surface area contributed by atoms with Gasteiger partial charge in [-0.15, -0.1) is 0 Å². The molecule has 1 atom stereocenters. The topological polar surface area (TPSA) is 54.5 Å². The zero-order valence-corrected chi connectivity index (χ0v) is 14.6. The number of amides is 2. The number of carbonyl (C=O) groups excluding carboxylic acids is 1. The summed E-state index contributed by atoms with van der Waals surface area (Å²) in [6.07, 6.45) is 5.34. The fraction of sp³-hybridized carbons (Fsp3) is 0.400.